The highest BCUT2D eigenvalue weighted by atomic mass is 127. The summed E-state index contributed by atoms with van der Waals surface area (Å²) in [6.07, 6.45) is 5.50. The van der Waals surface area contributed by atoms with Gasteiger partial charge in [-0.3, -0.25) is 4.99 Å². The number of nitrogens with zero attached hydrogens (tertiary/aromatic N) is 2. The number of hydrogen-bond donors (Lipinski definition) is 1. The molecule has 1 aromatic rings. The first-order chi connectivity index (χ1) is 12.7. The summed E-state index contributed by atoms with van der Waals surface area (Å²) in [7, 11) is 3.69. The molecule has 0 saturated carbocycles. The molecule has 0 bridgehead atoms. The Kier molecular flexibility index (Phi) is 9.32. The Morgan fingerprint density at radius 1 is 1.22 bits per heavy atom. The van der Waals surface area contributed by atoms with E-state index in [1.165, 1.54) is 24.8 Å². The topological polar surface area (TPSA) is 46.1 Å². The zero-order chi connectivity index (χ0) is 18.2. The fourth-order valence-electron chi connectivity index (χ4n) is 4.07. The number of rotatable bonds is 5. The van der Waals surface area contributed by atoms with E-state index in [0.29, 0.717) is 0 Å². The lowest BCUT2D eigenvalue weighted by Gasteiger charge is -2.39. The van der Waals surface area contributed by atoms with Crippen molar-refractivity contribution in [1.29, 1.82) is 0 Å². The molecule has 2 fully saturated rings. The van der Waals surface area contributed by atoms with E-state index in [1.807, 2.05) is 14.2 Å². The normalized spacial score (nSPS) is 20.8. The second-order valence-corrected chi connectivity index (χ2v) is 7.52. The number of piperidine rings is 1. The van der Waals surface area contributed by atoms with Crippen molar-refractivity contribution in [3.05, 3.63) is 35.9 Å². The fraction of sp³-hybridized carbons (Fsp3) is 0.667. The van der Waals surface area contributed by atoms with Gasteiger partial charge in [-0.15, -0.1) is 24.0 Å². The summed E-state index contributed by atoms with van der Waals surface area (Å²) in [5, 5.41) is 3.56. The number of guanidine groups is 1. The minimum Gasteiger partial charge on any atom is -0.381 e. The van der Waals surface area contributed by atoms with Crippen LogP contribution >= 0.6 is 24.0 Å². The number of likely N-dealkylation sites (tertiary alicyclic amines) is 1. The number of benzene rings is 1. The number of ether oxygens (including phenoxy) is 2. The molecule has 1 aromatic carbocycles. The Balaban J connectivity index is 0.00000261. The van der Waals surface area contributed by atoms with E-state index in [9.17, 15) is 0 Å². The molecule has 0 aliphatic carbocycles. The van der Waals surface area contributed by atoms with E-state index in [-0.39, 0.29) is 29.6 Å². The summed E-state index contributed by atoms with van der Waals surface area (Å²) in [4.78, 5) is 6.91. The Hall–Kier alpha value is -0.860. The van der Waals surface area contributed by atoms with Gasteiger partial charge in [0.15, 0.2) is 5.96 Å². The van der Waals surface area contributed by atoms with Crippen molar-refractivity contribution in [3.63, 3.8) is 0 Å². The van der Waals surface area contributed by atoms with Crippen LogP contribution in [0.25, 0.3) is 0 Å². The van der Waals surface area contributed by atoms with Crippen LogP contribution in [0.15, 0.2) is 35.3 Å². The molecule has 0 unspecified atom stereocenters. The SMILES string of the molecule is CN=C(NCC1(OC)CCOCC1)N1CCC(Cc2ccccc2)CC1.I. The van der Waals surface area contributed by atoms with Crippen molar-refractivity contribution >= 4 is 29.9 Å². The van der Waals surface area contributed by atoms with Crippen molar-refractivity contribution in [2.75, 3.05) is 47.0 Å². The van der Waals surface area contributed by atoms with Crippen LogP contribution in [-0.4, -0.2) is 63.5 Å². The summed E-state index contributed by atoms with van der Waals surface area (Å²) in [5.41, 5.74) is 1.33. The van der Waals surface area contributed by atoms with E-state index in [4.69, 9.17) is 9.47 Å². The summed E-state index contributed by atoms with van der Waals surface area (Å²) in [6.45, 7) is 4.49. The minimum atomic E-state index is -0.125. The quantitative estimate of drug-likeness (QED) is 0.393. The molecular formula is C21H34IN3O2. The monoisotopic (exact) mass is 487 g/mol. The molecule has 0 aromatic heterocycles. The molecule has 1 N–H and O–H groups in total. The minimum absolute atomic E-state index is 0. The van der Waals surface area contributed by atoms with Crippen LogP contribution in [0, 0.1) is 5.92 Å². The van der Waals surface area contributed by atoms with Gasteiger partial charge in [0, 0.05) is 59.8 Å². The Morgan fingerprint density at radius 2 is 1.89 bits per heavy atom. The van der Waals surface area contributed by atoms with Crippen molar-refractivity contribution in [1.82, 2.24) is 10.2 Å². The first-order valence-electron chi connectivity index (χ1n) is 9.87. The molecule has 152 valence electrons. The van der Waals surface area contributed by atoms with Crippen molar-refractivity contribution in [2.24, 2.45) is 10.9 Å². The molecular weight excluding hydrogens is 453 g/mol. The first-order valence-corrected chi connectivity index (χ1v) is 9.87. The molecule has 0 radical (unpaired) electrons. The van der Waals surface area contributed by atoms with Gasteiger partial charge in [-0.1, -0.05) is 30.3 Å². The number of halogens is 1. The molecule has 6 heteroatoms. The third kappa shape index (κ3) is 6.32. The maximum Gasteiger partial charge on any atom is 0.193 e. The second kappa shape index (κ2) is 11.2. The molecule has 2 aliphatic rings. The molecule has 2 heterocycles. The lowest BCUT2D eigenvalue weighted by molar-refractivity contribution is -0.0858. The van der Waals surface area contributed by atoms with Gasteiger partial charge in [0.1, 0.15) is 0 Å². The zero-order valence-corrected chi connectivity index (χ0v) is 19.0. The van der Waals surface area contributed by atoms with Gasteiger partial charge in [-0.2, -0.15) is 0 Å². The largest absolute Gasteiger partial charge is 0.381 e. The van der Waals surface area contributed by atoms with Crippen LogP contribution in [0.4, 0.5) is 0 Å². The number of aliphatic imine (C=N–C) groups is 1. The van der Waals surface area contributed by atoms with Gasteiger partial charge < -0.3 is 19.7 Å². The van der Waals surface area contributed by atoms with E-state index >= 15 is 0 Å². The molecule has 27 heavy (non-hydrogen) atoms. The molecule has 0 spiro atoms. The van der Waals surface area contributed by atoms with E-state index < -0.39 is 0 Å². The highest BCUT2D eigenvalue weighted by Gasteiger charge is 2.33. The molecule has 0 amide bonds. The van der Waals surface area contributed by atoms with Gasteiger partial charge >= 0.3 is 0 Å². The van der Waals surface area contributed by atoms with Gasteiger partial charge in [-0.05, 0) is 30.7 Å². The maximum absolute atomic E-state index is 5.83. The summed E-state index contributed by atoms with van der Waals surface area (Å²) in [6, 6.07) is 10.8. The van der Waals surface area contributed by atoms with Crippen molar-refractivity contribution in [3.8, 4) is 0 Å². The molecule has 2 aliphatic heterocycles. The molecule has 3 rings (SSSR count). The predicted octanol–water partition coefficient (Wildman–Crippen LogP) is 3.33. The van der Waals surface area contributed by atoms with Crippen LogP contribution in [0.1, 0.15) is 31.2 Å². The predicted molar refractivity (Wildman–Crippen MR) is 121 cm³/mol. The van der Waals surface area contributed by atoms with Crippen LogP contribution in [-0.2, 0) is 15.9 Å². The zero-order valence-electron chi connectivity index (χ0n) is 16.7. The molecule has 5 nitrogen and oxygen atoms in total. The van der Waals surface area contributed by atoms with Crippen LogP contribution < -0.4 is 5.32 Å². The number of nitrogens with one attached hydrogen (secondary N) is 1. The van der Waals surface area contributed by atoms with Gasteiger partial charge in [-0.25, -0.2) is 0 Å². The first kappa shape index (κ1) is 22.4. The standard InChI is InChI=1S/C21H33N3O2.HI/c1-22-20(23-17-21(25-2)10-14-26-15-11-21)24-12-8-19(9-13-24)16-18-6-4-3-5-7-18;/h3-7,19H,8-17H2,1-2H3,(H,22,23);1H. The van der Waals surface area contributed by atoms with Gasteiger partial charge in [0.05, 0.1) is 5.60 Å². The van der Waals surface area contributed by atoms with Gasteiger partial charge in [0.25, 0.3) is 0 Å². The third-order valence-electron chi connectivity index (χ3n) is 5.90. The Morgan fingerprint density at radius 3 is 2.48 bits per heavy atom. The highest BCUT2D eigenvalue weighted by molar-refractivity contribution is 14.0. The summed E-state index contributed by atoms with van der Waals surface area (Å²) in [5.74, 6) is 1.78. The maximum atomic E-state index is 5.83. The van der Waals surface area contributed by atoms with Gasteiger partial charge in [0.2, 0.25) is 0 Å². The smallest absolute Gasteiger partial charge is 0.193 e. The summed E-state index contributed by atoms with van der Waals surface area (Å²) < 4.78 is 11.3. The second-order valence-electron chi connectivity index (χ2n) is 7.52. The average molecular weight is 487 g/mol. The lowest BCUT2D eigenvalue weighted by atomic mass is 9.90. The van der Waals surface area contributed by atoms with E-state index in [2.05, 4.69) is 45.5 Å². The summed E-state index contributed by atoms with van der Waals surface area (Å²) >= 11 is 0. The van der Waals surface area contributed by atoms with Crippen LogP contribution in [0.2, 0.25) is 0 Å². The average Bonchev–Trinajstić information content (AvgIpc) is 2.71. The molecule has 0 atom stereocenters. The fourth-order valence-corrected chi connectivity index (χ4v) is 4.07. The van der Waals surface area contributed by atoms with E-state index in [0.717, 1.165) is 57.6 Å². The van der Waals surface area contributed by atoms with E-state index in [1.54, 1.807) is 0 Å². The highest BCUT2D eigenvalue weighted by Crippen LogP contribution is 2.24. The number of hydrogen-bond acceptors (Lipinski definition) is 3. The lowest BCUT2D eigenvalue weighted by Crippen LogP contribution is -2.53. The Labute approximate surface area is 180 Å². The third-order valence-corrected chi connectivity index (χ3v) is 5.90. The van der Waals surface area contributed by atoms with Crippen LogP contribution in [0.3, 0.4) is 0 Å². The number of methoxy groups -OCH3 is 1. The van der Waals surface area contributed by atoms with Crippen molar-refractivity contribution in [2.45, 2.75) is 37.7 Å². The van der Waals surface area contributed by atoms with Crippen LogP contribution in [0.5, 0.6) is 0 Å². The Bertz CT molecular complexity index is 568. The van der Waals surface area contributed by atoms with Crippen molar-refractivity contribution < 1.29 is 9.47 Å². The molecule has 2 saturated heterocycles.